The van der Waals surface area contributed by atoms with Gasteiger partial charge in [0, 0.05) is 17.8 Å². The predicted molar refractivity (Wildman–Crippen MR) is 80.9 cm³/mol. The Kier molecular flexibility index (Phi) is 4.28. The molecule has 0 amide bonds. The third-order valence-corrected chi connectivity index (χ3v) is 3.43. The van der Waals surface area contributed by atoms with Gasteiger partial charge in [-0.1, -0.05) is 23.8 Å². The molecule has 0 aromatic heterocycles. The zero-order valence-corrected chi connectivity index (χ0v) is 12.3. The van der Waals surface area contributed by atoms with Crippen molar-refractivity contribution in [2.75, 3.05) is 12.4 Å². The molecule has 0 aliphatic rings. The summed E-state index contributed by atoms with van der Waals surface area (Å²) in [4.78, 5) is 0. The summed E-state index contributed by atoms with van der Waals surface area (Å²) < 4.78 is 18.6. The number of methoxy groups -OCH3 is 1. The lowest BCUT2D eigenvalue weighted by atomic mass is 10.00. The van der Waals surface area contributed by atoms with Crippen LogP contribution in [0.2, 0.25) is 0 Å². The summed E-state index contributed by atoms with van der Waals surface area (Å²) in [6.45, 7) is 6.24. The van der Waals surface area contributed by atoms with E-state index in [0.717, 1.165) is 5.69 Å². The summed E-state index contributed by atoms with van der Waals surface area (Å²) in [5.41, 5.74) is 4.44. The van der Waals surface area contributed by atoms with Gasteiger partial charge in [-0.15, -0.1) is 0 Å². The fraction of sp³-hybridized carbons (Fsp3) is 0.294. The monoisotopic (exact) mass is 273 g/mol. The molecular weight excluding hydrogens is 253 g/mol. The number of nitrogens with one attached hydrogen (secondary N) is 1. The third kappa shape index (κ3) is 3.10. The van der Waals surface area contributed by atoms with Crippen molar-refractivity contribution in [1.29, 1.82) is 0 Å². The van der Waals surface area contributed by atoms with Gasteiger partial charge in [0.15, 0.2) is 11.6 Å². The fourth-order valence-corrected chi connectivity index (χ4v) is 2.40. The summed E-state index contributed by atoms with van der Waals surface area (Å²) in [7, 11) is 1.46. The Balaban J connectivity index is 2.18. The molecule has 1 unspecified atom stereocenters. The Hall–Kier alpha value is -2.03. The van der Waals surface area contributed by atoms with E-state index in [0.29, 0.717) is 0 Å². The van der Waals surface area contributed by atoms with Gasteiger partial charge in [-0.05, 0) is 44.0 Å². The van der Waals surface area contributed by atoms with Crippen LogP contribution in [0, 0.1) is 19.7 Å². The van der Waals surface area contributed by atoms with Gasteiger partial charge >= 0.3 is 0 Å². The van der Waals surface area contributed by atoms with Gasteiger partial charge in [-0.3, -0.25) is 0 Å². The van der Waals surface area contributed by atoms with E-state index in [1.54, 1.807) is 6.07 Å². The highest BCUT2D eigenvalue weighted by Gasteiger charge is 2.10. The third-order valence-electron chi connectivity index (χ3n) is 3.43. The molecule has 2 aromatic rings. The average Bonchev–Trinajstić information content (AvgIpc) is 2.38. The summed E-state index contributed by atoms with van der Waals surface area (Å²) in [6, 6.07) is 11.4. The van der Waals surface area contributed by atoms with E-state index in [2.05, 4.69) is 44.3 Å². The molecular formula is C17H20FNO. The van der Waals surface area contributed by atoms with Gasteiger partial charge in [0.1, 0.15) is 0 Å². The van der Waals surface area contributed by atoms with Crippen LogP contribution < -0.4 is 10.1 Å². The van der Waals surface area contributed by atoms with Crippen molar-refractivity contribution in [3.05, 3.63) is 58.9 Å². The SMILES string of the molecule is COc1ccc(NC(C)c2ccc(C)cc2C)cc1F. The minimum Gasteiger partial charge on any atom is -0.494 e. The van der Waals surface area contributed by atoms with E-state index in [-0.39, 0.29) is 17.6 Å². The van der Waals surface area contributed by atoms with Gasteiger partial charge in [0.2, 0.25) is 0 Å². The molecule has 0 saturated heterocycles. The lowest BCUT2D eigenvalue weighted by Gasteiger charge is -2.18. The van der Waals surface area contributed by atoms with Crippen LogP contribution in [0.1, 0.15) is 29.7 Å². The molecule has 3 heteroatoms. The van der Waals surface area contributed by atoms with Crippen molar-refractivity contribution < 1.29 is 9.13 Å². The lowest BCUT2D eigenvalue weighted by Crippen LogP contribution is -2.08. The van der Waals surface area contributed by atoms with Crippen LogP contribution in [-0.2, 0) is 0 Å². The number of halogens is 1. The first-order valence-corrected chi connectivity index (χ1v) is 6.68. The molecule has 0 bridgehead atoms. The Morgan fingerprint density at radius 1 is 1.10 bits per heavy atom. The second-order valence-corrected chi connectivity index (χ2v) is 5.08. The highest BCUT2D eigenvalue weighted by Crippen LogP contribution is 2.26. The van der Waals surface area contributed by atoms with Gasteiger partial charge in [-0.25, -0.2) is 4.39 Å². The molecule has 2 nitrogen and oxygen atoms in total. The first-order chi connectivity index (χ1) is 9.51. The maximum Gasteiger partial charge on any atom is 0.167 e. The lowest BCUT2D eigenvalue weighted by molar-refractivity contribution is 0.386. The van der Waals surface area contributed by atoms with Crippen LogP contribution in [0.3, 0.4) is 0 Å². The summed E-state index contributed by atoms with van der Waals surface area (Å²) in [5, 5.41) is 3.32. The number of hydrogen-bond acceptors (Lipinski definition) is 2. The predicted octanol–water partition coefficient (Wildman–Crippen LogP) is 4.62. The van der Waals surface area contributed by atoms with Gasteiger partial charge in [0.05, 0.1) is 7.11 Å². The minimum atomic E-state index is -0.356. The molecule has 1 atom stereocenters. The Bertz CT molecular complexity index is 610. The van der Waals surface area contributed by atoms with E-state index in [1.165, 1.54) is 29.9 Å². The molecule has 0 aliphatic heterocycles. The smallest absolute Gasteiger partial charge is 0.167 e. The molecule has 2 aromatic carbocycles. The Morgan fingerprint density at radius 2 is 1.85 bits per heavy atom. The Labute approximate surface area is 119 Å². The first kappa shape index (κ1) is 14.4. The number of aryl methyl sites for hydroxylation is 2. The van der Waals surface area contributed by atoms with Crippen LogP contribution in [0.25, 0.3) is 0 Å². The normalized spacial score (nSPS) is 12.1. The molecule has 0 saturated carbocycles. The molecule has 2 rings (SSSR count). The number of ether oxygens (including phenoxy) is 1. The molecule has 0 fully saturated rings. The van der Waals surface area contributed by atoms with Crippen molar-refractivity contribution in [1.82, 2.24) is 0 Å². The van der Waals surface area contributed by atoms with Crippen LogP contribution in [0.15, 0.2) is 36.4 Å². The quantitative estimate of drug-likeness (QED) is 0.877. The highest BCUT2D eigenvalue weighted by molar-refractivity contribution is 5.49. The minimum absolute atomic E-state index is 0.114. The fourth-order valence-electron chi connectivity index (χ4n) is 2.40. The van der Waals surface area contributed by atoms with Crippen LogP contribution in [0.5, 0.6) is 5.75 Å². The number of anilines is 1. The van der Waals surface area contributed by atoms with E-state index >= 15 is 0 Å². The van der Waals surface area contributed by atoms with E-state index in [4.69, 9.17) is 4.74 Å². The van der Waals surface area contributed by atoms with Crippen LogP contribution in [0.4, 0.5) is 10.1 Å². The highest BCUT2D eigenvalue weighted by atomic mass is 19.1. The standard InChI is InChI=1S/C17H20FNO/c1-11-5-7-15(12(2)9-11)13(3)19-14-6-8-17(20-4)16(18)10-14/h5-10,13,19H,1-4H3. The first-order valence-electron chi connectivity index (χ1n) is 6.68. The molecule has 0 radical (unpaired) electrons. The van der Waals surface area contributed by atoms with E-state index < -0.39 is 0 Å². The van der Waals surface area contributed by atoms with Crippen molar-refractivity contribution in [2.45, 2.75) is 26.8 Å². The number of benzene rings is 2. The molecule has 106 valence electrons. The summed E-state index contributed by atoms with van der Waals surface area (Å²) in [5.74, 6) is -0.0972. The van der Waals surface area contributed by atoms with Crippen molar-refractivity contribution >= 4 is 5.69 Å². The van der Waals surface area contributed by atoms with E-state index in [9.17, 15) is 4.39 Å². The van der Waals surface area contributed by atoms with Gasteiger partial charge in [-0.2, -0.15) is 0 Å². The maximum absolute atomic E-state index is 13.7. The molecule has 1 N–H and O–H groups in total. The zero-order valence-electron chi connectivity index (χ0n) is 12.3. The van der Waals surface area contributed by atoms with Gasteiger partial charge < -0.3 is 10.1 Å². The average molecular weight is 273 g/mol. The van der Waals surface area contributed by atoms with Crippen molar-refractivity contribution in [3.8, 4) is 5.75 Å². The van der Waals surface area contributed by atoms with Crippen molar-refractivity contribution in [3.63, 3.8) is 0 Å². The summed E-state index contributed by atoms with van der Waals surface area (Å²) in [6.07, 6.45) is 0. The second-order valence-electron chi connectivity index (χ2n) is 5.08. The molecule has 0 heterocycles. The zero-order chi connectivity index (χ0) is 14.7. The number of hydrogen-bond donors (Lipinski definition) is 1. The van der Waals surface area contributed by atoms with Gasteiger partial charge in [0.25, 0.3) is 0 Å². The maximum atomic E-state index is 13.7. The van der Waals surface area contributed by atoms with E-state index in [1.807, 2.05) is 6.07 Å². The van der Waals surface area contributed by atoms with Crippen LogP contribution >= 0.6 is 0 Å². The summed E-state index contributed by atoms with van der Waals surface area (Å²) >= 11 is 0. The largest absolute Gasteiger partial charge is 0.494 e. The van der Waals surface area contributed by atoms with Crippen LogP contribution in [-0.4, -0.2) is 7.11 Å². The molecule has 0 aliphatic carbocycles. The molecule has 20 heavy (non-hydrogen) atoms. The number of rotatable bonds is 4. The molecule has 0 spiro atoms. The Morgan fingerprint density at radius 3 is 2.45 bits per heavy atom. The topological polar surface area (TPSA) is 21.3 Å². The second kappa shape index (κ2) is 5.95. The van der Waals surface area contributed by atoms with Crippen molar-refractivity contribution in [2.24, 2.45) is 0 Å².